The summed E-state index contributed by atoms with van der Waals surface area (Å²) >= 11 is 0. The molecule has 72 valence electrons. The summed E-state index contributed by atoms with van der Waals surface area (Å²) in [6.07, 6.45) is 0.425. The highest BCUT2D eigenvalue weighted by Crippen LogP contribution is 2.20. The van der Waals surface area contributed by atoms with E-state index in [9.17, 15) is 4.79 Å². The quantitative estimate of drug-likeness (QED) is 0.656. The molecular weight excluding hydrogens is 168 g/mol. The Morgan fingerprint density at radius 3 is 2.38 bits per heavy atom. The lowest BCUT2D eigenvalue weighted by atomic mass is 9.90. The molecule has 0 unspecified atom stereocenters. The molecule has 4 nitrogen and oxygen atoms in total. The summed E-state index contributed by atoms with van der Waals surface area (Å²) in [6.45, 7) is 7.65. The lowest BCUT2D eigenvalue weighted by Crippen LogP contribution is -2.13. The van der Waals surface area contributed by atoms with Crippen LogP contribution in [-0.4, -0.2) is 16.0 Å². The largest absolute Gasteiger partial charge is 0.419 e. The third-order valence-corrected chi connectivity index (χ3v) is 1.46. The maximum Gasteiger partial charge on any atom is 0.283 e. The Balaban J connectivity index is 2.70. The minimum atomic E-state index is -0.0897. The number of nitrogens with zero attached hydrogens (tertiary/aromatic N) is 2. The van der Waals surface area contributed by atoms with Crippen LogP contribution in [0.1, 0.15) is 43.8 Å². The number of carbonyl (C=O) groups excluding carboxylic acids is 1. The minimum Gasteiger partial charge on any atom is -0.419 e. The summed E-state index contributed by atoms with van der Waals surface area (Å²) in [4.78, 5) is 11.5. The Hall–Kier alpha value is -1.19. The first-order valence-corrected chi connectivity index (χ1v) is 4.22. The number of aromatic nitrogens is 2. The molecule has 1 heterocycles. The van der Waals surface area contributed by atoms with Crippen molar-refractivity contribution in [1.29, 1.82) is 0 Å². The average Bonchev–Trinajstić information content (AvgIpc) is 2.31. The predicted octanol–water partition coefficient (Wildman–Crippen LogP) is 2.00. The lowest BCUT2D eigenvalue weighted by molar-refractivity contribution is 0.0904. The van der Waals surface area contributed by atoms with Gasteiger partial charge in [-0.1, -0.05) is 20.8 Å². The van der Waals surface area contributed by atoms with Gasteiger partial charge in [-0.25, -0.2) is 0 Å². The number of hydrogen-bond donors (Lipinski definition) is 0. The van der Waals surface area contributed by atoms with Gasteiger partial charge >= 0.3 is 0 Å². The molecule has 0 aliphatic heterocycles. The van der Waals surface area contributed by atoms with Crippen molar-refractivity contribution in [3.63, 3.8) is 0 Å². The molecule has 1 rings (SSSR count). The Kier molecular flexibility index (Phi) is 2.50. The van der Waals surface area contributed by atoms with Gasteiger partial charge in [0.1, 0.15) is 0 Å². The number of Topliss-reactive ketones (excluding diaryl/α,β-unsaturated/α-hetero) is 1. The van der Waals surface area contributed by atoms with Gasteiger partial charge < -0.3 is 4.42 Å². The van der Waals surface area contributed by atoms with E-state index < -0.39 is 0 Å². The van der Waals surface area contributed by atoms with Gasteiger partial charge in [-0.15, -0.1) is 10.2 Å². The van der Waals surface area contributed by atoms with Crippen molar-refractivity contribution >= 4 is 5.78 Å². The Labute approximate surface area is 77.3 Å². The highest BCUT2D eigenvalue weighted by atomic mass is 16.4. The second-order valence-electron chi connectivity index (χ2n) is 4.29. The van der Waals surface area contributed by atoms with Gasteiger partial charge in [0.15, 0.2) is 0 Å². The smallest absolute Gasteiger partial charge is 0.283 e. The van der Waals surface area contributed by atoms with Crippen LogP contribution in [0.15, 0.2) is 4.42 Å². The molecule has 0 amide bonds. The van der Waals surface area contributed by atoms with E-state index in [4.69, 9.17) is 4.42 Å². The first-order valence-electron chi connectivity index (χ1n) is 4.22. The molecular formula is C9H14N2O2. The van der Waals surface area contributed by atoms with E-state index in [0.717, 1.165) is 0 Å². The van der Waals surface area contributed by atoms with Crippen LogP contribution >= 0.6 is 0 Å². The van der Waals surface area contributed by atoms with E-state index in [-0.39, 0.29) is 17.1 Å². The summed E-state index contributed by atoms with van der Waals surface area (Å²) in [6, 6.07) is 0. The maximum absolute atomic E-state index is 11.5. The molecule has 0 spiro atoms. The topological polar surface area (TPSA) is 56.0 Å². The number of rotatable bonds is 2. The molecule has 13 heavy (non-hydrogen) atoms. The van der Waals surface area contributed by atoms with Crippen LogP contribution < -0.4 is 0 Å². The van der Waals surface area contributed by atoms with Gasteiger partial charge in [-0.05, 0) is 5.41 Å². The van der Waals surface area contributed by atoms with Gasteiger partial charge in [-0.3, -0.25) is 4.79 Å². The van der Waals surface area contributed by atoms with E-state index in [1.165, 1.54) is 0 Å². The van der Waals surface area contributed by atoms with Crippen LogP contribution in [-0.2, 0) is 0 Å². The summed E-state index contributed by atoms with van der Waals surface area (Å²) in [5.74, 6) is 0.456. The van der Waals surface area contributed by atoms with Crippen molar-refractivity contribution < 1.29 is 9.21 Å². The molecule has 0 aliphatic rings. The standard InChI is InChI=1S/C9H14N2O2/c1-6-10-11-8(13-6)7(12)5-9(2,3)4/h5H2,1-4H3. The van der Waals surface area contributed by atoms with Crippen LogP contribution in [0.25, 0.3) is 0 Å². The third kappa shape index (κ3) is 2.97. The molecule has 1 aromatic rings. The average molecular weight is 182 g/mol. The number of carbonyl (C=O) groups is 1. The molecule has 0 saturated carbocycles. The highest BCUT2D eigenvalue weighted by Gasteiger charge is 2.21. The van der Waals surface area contributed by atoms with Crippen LogP contribution in [0.4, 0.5) is 0 Å². The zero-order valence-electron chi connectivity index (χ0n) is 8.42. The molecule has 0 fully saturated rings. The summed E-state index contributed by atoms with van der Waals surface area (Å²) in [7, 11) is 0. The predicted molar refractivity (Wildman–Crippen MR) is 47.4 cm³/mol. The number of aryl methyl sites for hydroxylation is 1. The van der Waals surface area contributed by atoms with E-state index in [1.54, 1.807) is 6.92 Å². The van der Waals surface area contributed by atoms with Crippen molar-refractivity contribution in [2.75, 3.05) is 0 Å². The van der Waals surface area contributed by atoms with Crippen LogP contribution in [0, 0.1) is 12.3 Å². The number of ketones is 1. The maximum atomic E-state index is 11.5. The van der Waals surface area contributed by atoms with Crippen molar-refractivity contribution in [2.45, 2.75) is 34.1 Å². The molecule has 0 saturated heterocycles. The second kappa shape index (κ2) is 3.28. The van der Waals surface area contributed by atoms with Gasteiger partial charge in [0, 0.05) is 13.3 Å². The monoisotopic (exact) mass is 182 g/mol. The fourth-order valence-electron chi connectivity index (χ4n) is 0.967. The fourth-order valence-corrected chi connectivity index (χ4v) is 0.967. The van der Waals surface area contributed by atoms with Crippen LogP contribution in [0.2, 0.25) is 0 Å². The third-order valence-electron chi connectivity index (χ3n) is 1.46. The van der Waals surface area contributed by atoms with Crippen LogP contribution in [0.5, 0.6) is 0 Å². The van der Waals surface area contributed by atoms with Gasteiger partial charge in [0.05, 0.1) is 0 Å². The Morgan fingerprint density at radius 1 is 1.38 bits per heavy atom. The molecule has 1 aromatic heterocycles. The van der Waals surface area contributed by atoms with Crippen LogP contribution in [0.3, 0.4) is 0 Å². The zero-order valence-corrected chi connectivity index (χ0v) is 8.42. The minimum absolute atomic E-state index is 0.0422. The summed E-state index contributed by atoms with van der Waals surface area (Å²) < 4.78 is 5.02. The van der Waals surface area contributed by atoms with Gasteiger partial charge in [-0.2, -0.15) is 0 Å². The van der Waals surface area contributed by atoms with Crippen molar-refractivity contribution in [3.05, 3.63) is 11.8 Å². The van der Waals surface area contributed by atoms with E-state index in [0.29, 0.717) is 12.3 Å². The van der Waals surface area contributed by atoms with Crippen molar-refractivity contribution in [2.24, 2.45) is 5.41 Å². The Bertz CT molecular complexity index is 310. The second-order valence-corrected chi connectivity index (χ2v) is 4.29. The molecule has 4 heteroatoms. The summed E-state index contributed by atoms with van der Waals surface area (Å²) in [5.41, 5.74) is -0.0422. The molecule has 0 atom stereocenters. The van der Waals surface area contributed by atoms with Gasteiger partial charge in [0.25, 0.3) is 5.89 Å². The molecule has 0 N–H and O–H groups in total. The lowest BCUT2D eigenvalue weighted by Gasteiger charge is -2.14. The normalized spacial score (nSPS) is 11.7. The van der Waals surface area contributed by atoms with E-state index >= 15 is 0 Å². The number of hydrogen-bond acceptors (Lipinski definition) is 4. The molecule has 0 radical (unpaired) electrons. The molecule has 0 aliphatic carbocycles. The zero-order chi connectivity index (χ0) is 10.1. The fraction of sp³-hybridized carbons (Fsp3) is 0.667. The highest BCUT2D eigenvalue weighted by molar-refractivity contribution is 5.91. The first-order chi connectivity index (χ1) is 5.88. The molecule has 0 aromatic carbocycles. The van der Waals surface area contributed by atoms with Crippen molar-refractivity contribution in [3.8, 4) is 0 Å². The van der Waals surface area contributed by atoms with Gasteiger partial charge in [0.2, 0.25) is 11.7 Å². The Morgan fingerprint density at radius 2 is 2.00 bits per heavy atom. The van der Waals surface area contributed by atoms with Crippen molar-refractivity contribution in [1.82, 2.24) is 10.2 Å². The first kappa shape index (κ1) is 9.89. The molecule has 0 bridgehead atoms. The van der Waals surface area contributed by atoms with E-state index in [2.05, 4.69) is 10.2 Å². The summed E-state index contributed by atoms with van der Waals surface area (Å²) in [5, 5.41) is 7.26. The van der Waals surface area contributed by atoms with E-state index in [1.807, 2.05) is 20.8 Å². The SMILES string of the molecule is Cc1nnc(C(=O)CC(C)(C)C)o1.